The molecule has 1 N–H and O–H groups in total. The number of nitrogens with zero attached hydrogens (tertiary/aromatic N) is 1. The van der Waals surface area contributed by atoms with Gasteiger partial charge in [-0.3, -0.25) is 4.90 Å². The Labute approximate surface area is 137 Å². The SMILES string of the molecule is Cl.Cl.FC(F)(F)[C@@H](c1ccccc1Br)N1CCNCC1. The molecular weight excluding hydrogens is 380 g/mol. The molecule has 1 fully saturated rings. The van der Waals surface area contributed by atoms with Crippen molar-refractivity contribution in [3.8, 4) is 0 Å². The maximum Gasteiger partial charge on any atom is 0.408 e. The molecule has 1 aromatic carbocycles. The van der Waals surface area contributed by atoms with E-state index in [0.29, 0.717) is 30.7 Å². The average Bonchev–Trinajstić information content (AvgIpc) is 2.32. The minimum absolute atomic E-state index is 0. The summed E-state index contributed by atoms with van der Waals surface area (Å²) >= 11 is 3.21. The monoisotopic (exact) mass is 394 g/mol. The molecule has 2 nitrogen and oxygen atoms in total. The van der Waals surface area contributed by atoms with E-state index in [1.807, 2.05) is 0 Å². The largest absolute Gasteiger partial charge is 0.408 e. The molecule has 1 aliphatic rings. The third-order valence-corrected chi connectivity index (χ3v) is 3.75. The second-order valence-corrected chi connectivity index (χ2v) is 5.11. The van der Waals surface area contributed by atoms with E-state index in [0.717, 1.165) is 0 Å². The molecule has 0 unspecified atom stereocenters. The zero-order chi connectivity index (χ0) is 13.2. The molecule has 1 atom stereocenters. The summed E-state index contributed by atoms with van der Waals surface area (Å²) in [6.45, 7) is 2.01. The van der Waals surface area contributed by atoms with Crippen LogP contribution < -0.4 is 5.32 Å². The Morgan fingerprint density at radius 1 is 1.10 bits per heavy atom. The molecule has 1 aromatic rings. The molecule has 0 amide bonds. The molecule has 0 aromatic heterocycles. The fourth-order valence-electron chi connectivity index (χ4n) is 2.22. The summed E-state index contributed by atoms with van der Waals surface area (Å²) in [6, 6.07) is 5.01. The maximum atomic E-state index is 13.3. The van der Waals surface area contributed by atoms with E-state index in [2.05, 4.69) is 21.2 Å². The first-order chi connectivity index (χ1) is 8.50. The second-order valence-electron chi connectivity index (χ2n) is 4.25. The Balaban J connectivity index is 0.00000180. The quantitative estimate of drug-likeness (QED) is 0.819. The lowest BCUT2D eigenvalue weighted by Crippen LogP contribution is -2.49. The van der Waals surface area contributed by atoms with Gasteiger partial charge in [0.05, 0.1) is 0 Å². The molecule has 8 heteroatoms. The van der Waals surface area contributed by atoms with E-state index in [1.165, 1.54) is 11.0 Å². The molecule has 0 bridgehead atoms. The van der Waals surface area contributed by atoms with Gasteiger partial charge in [-0.25, -0.2) is 0 Å². The molecule has 0 saturated carbocycles. The van der Waals surface area contributed by atoms with Crippen LogP contribution in [0.1, 0.15) is 11.6 Å². The Hall–Kier alpha value is -0.0100. The highest BCUT2D eigenvalue weighted by Crippen LogP contribution is 2.40. The van der Waals surface area contributed by atoms with Crippen LogP contribution in [0.4, 0.5) is 13.2 Å². The minimum atomic E-state index is -4.26. The molecule has 0 spiro atoms. The van der Waals surface area contributed by atoms with Crippen LogP contribution in [-0.2, 0) is 0 Å². The third kappa shape index (κ3) is 4.77. The van der Waals surface area contributed by atoms with Crippen molar-refractivity contribution in [2.24, 2.45) is 0 Å². The van der Waals surface area contributed by atoms with Crippen molar-refractivity contribution in [2.45, 2.75) is 12.2 Å². The molecule has 20 heavy (non-hydrogen) atoms. The van der Waals surface area contributed by atoms with E-state index in [4.69, 9.17) is 0 Å². The van der Waals surface area contributed by atoms with E-state index in [9.17, 15) is 13.2 Å². The summed E-state index contributed by atoms with van der Waals surface area (Å²) in [5, 5.41) is 3.07. The van der Waals surface area contributed by atoms with Crippen LogP contribution in [0.25, 0.3) is 0 Å². The smallest absolute Gasteiger partial charge is 0.314 e. The summed E-state index contributed by atoms with van der Waals surface area (Å²) in [7, 11) is 0. The highest BCUT2D eigenvalue weighted by atomic mass is 79.9. The first-order valence-electron chi connectivity index (χ1n) is 5.76. The Kier molecular flexibility index (Phi) is 8.43. The van der Waals surface area contributed by atoms with Gasteiger partial charge >= 0.3 is 6.18 Å². The predicted octanol–water partition coefficient (Wildman–Crippen LogP) is 3.80. The fourth-order valence-corrected chi connectivity index (χ4v) is 2.72. The lowest BCUT2D eigenvalue weighted by Gasteiger charge is -2.36. The van der Waals surface area contributed by atoms with Crippen LogP contribution >= 0.6 is 40.7 Å². The van der Waals surface area contributed by atoms with Crippen molar-refractivity contribution >= 4 is 40.7 Å². The van der Waals surface area contributed by atoms with E-state index < -0.39 is 12.2 Å². The van der Waals surface area contributed by atoms with Crippen molar-refractivity contribution < 1.29 is 13.2 Å². The lowest BCUT2D eigenvalue weighted by atomic mass is 10.0. The summed E-state index contributed by atoms with van der Waals surface area (Å²) in [5.74, 6) is 0. The first-order valence-corrected chi connectivity index (χ1v) is 6.55. The topological polar surface area (TPSA) is 15.3 Å². The van der Waals surface area contributed by atoms with Crippen molar-refractivity contribution in [1.29, 1.82) is 0 Å². The fraction of sp³-hybridized carbons (Fsp3) is 0.500. The van der Waals surface area contributed by atoms with Crippen molar-refractivity contribution in [1.82, 2.24) is 10.2 Å². The van der Waals surface area contributed by atoms with Crippen LogP contribution in [0.2, 0.25) is 0 Å². The maximum absolute atomic E-state index is 13.3. The molecule has 0 radical (unpaired) electrons. The molecule has 1 aliphatic heterocycles. The molecule has 2 rings (SSSR count). The number of alkyl halides is 3. The van der Waals surface area contributed by atoms with E-state index >= 15 is 0 Å². The van der Waals surface area contributed by atoms with Crippen LogP contribution in [0.5, 0.6) is 0 Å². The van der Waals surface area contributed by atoms with Crippen LogP contribution in [0, 0.1) is 0 Å². The van der Waals surface area contributed by atoms with Gasteiger partial charge in [-0.15, -0.1) is 24.8 Å². The van der Waals surface area contributed by atoms with Gasteiger partial charge in [0, 0.05) is 30.7 Å². The minimum Gasteiger partial charge on any atom is -0.314 e. The Bertz CT molecular complexity index is 412. The van der Waals surface area contributed by atoms with Gasteiger partial charge in [-0.1, -0.05) is 34.1 Å². The van der Waals surface area contributed by atoms with Crippen molar-refractivity contribution in [3.05, 3.63) is 34.3 Å². The van der Waals surface area contributed by atoms with Gasteiger partial charge in [0.2, 0.25) is 0 Å². The zero-order valence-corrected chi connectivity index (χ0v) is 13.7. The summed E-state index contributed by atoms with van der Waals surface area (Å²) in [6.07, 6.45) is -4.26. The summed E-state index contributed by atoms with van der Waals surface area (Å²) < 4.78 is 40.4. The summed E-state index contributed by atoms with van der Waals surface area (Å²) in [5.41, 5.74) is 0.284. The van der Waals surface area contributed by atoms with E-state index in [1.54, 1.807) is 18.2 Å². The Morgan fingerprint density at radius 3 is 2.15 bits per heavy atom. The number of halogens is 6. The number of benzene rings is 1. The average molecular weight is 396 g/mol. The number of nitrogens with one attached hydrogen (secondary N) is 1. The first kappa shape index (κ1) is 20.0. The number of piperazine rings is 1. The highest BCUT2D eigenvalue weighted by Gasteiger charge is 2.45. The lowest BCUT2D eigenvalue weighted by molar-refractivity contribution is -0.188. The van der Waals surface area contributed by atoms with Gasteiger partial charge in [-0.2, -0.15) is 13.2 Å². The number of hydrogen-bond donors (Lipinski definition) is 1. The van der Waals surface area contributed by atoms with E-state index in [-0.39, 0.29) is 30.4 Å². The van der Waals surface area contributed by atoms with Crippen molar-refractivity contribution in [2.75, 3.05) is 26.2 Å². The Morgan fingerprint density at radius 2 is 1.65 bits per heavy atom. The van der Waals surface area contributed by atoms with Crippen LogP contribution in [-0.4, -0.2) is 37.3 Å². The molecule has 1 saturated heterocycles. The van der Waals surface area contributed by atoms with Gasteiger partial charge in [-0.05, 0) is 11.6 Å². The van der Waals surface area contributed by atoms with Gasteiger partial charge in [0.15, 0.2) is 0 Å². The summed E-state index contributed by atoms with van der Waals surface area (Å²) in [4.78, 5) is 1.48. The standard InChI is InChI=1S/C12H14BrF3N2.2ClH/c13-10-4-2-1-3-9(10)11(12(14,15)16)18-7-5-17-6-8-18;;/h1-4,11,17H,5-8H2;2*1H/t11-;;/m1../s1. The van der Waals surface area contributed by atoms with Gasteiger partial charge in [0.25, 0.3) is 0 Å². The van der Waals surface area contributed by atoms with Crippen LogP contribution in [0.15, 0.2) is 28.7 Å². The number of hydrogen-bond acceptors (Lipinski definition) is 2. The zero-order valence-electron chi connectivity index (χ0n) is 10.5. The molecule has 116 valence electrons. The molecular formula is C12H16BrCl2F3N2. The second kappa shape index (κ2) is 8.44. The van der Waals surface area contributed by atoms with Gasteiger partial charge in [0.1, 0.15) is 6.04 Å². The number of rotatable bonds is 2. The van der Waals surface area contributed by atoms with Crippen molar-refractivity contribution in [3.63, 3.8) is 0 Å². The van der Waals surface area contributed by atoms with Crippen LogP contribution in [0.3, 0.4) is 0 Å². The third-order valence-electron chi connectivity index (χ3n) is 3.03. The molecule has 0 aliphatic carbocycles. The normalized spacial score (nSPS) is 17.8. The predicted molar refractivity (Wildman–Crippen MR) is 81.9 cm³/mol. The highest BCUT2D eigenvalue weighted by molar-refractivity contribution is 9.10. The molecule has 1 heterocycles. The van der Waals surface area contributed by atoms with Gasteiger partial charge < -0.3 is 5.32 Å².